The lowest BCUT2D eigenvalue weighted by atomic mass is 10.2. The fourth-order valence-corrected chi connectivity index (χ4v) is 3.78. The maximum atomic E-state index is 6.04. The van der Waals surface area contributed by atoms with Gasteiger partial charge in [-0.1, -0.05) is 39.7 Å². The van der Waals surface area contributed by atoms with Gasteiger partial charge in [-0.05, 0) is 27.6 Å². The number of rotatable bonds is 1. The fraction of sp³-hybridized carbons (Fsp3) is 0.111. The fourth-order valence-electron chi connectivity index (χ4n) is 1.26. The highest BCUT2D eigenvalue weighted by molar-refractivity contribution is 9.10. The Morgan fingerprint density at radius 3 is 2.85 bits per heavy atom. The minimum atomic E-state index is 0.823. The van der Waals surface area contributed by atoms with Crippen LogP contribution in [-0.2, 0) is 5.33 Å². The van der Waals surface area contributed by atoms with Gasteiger partial charge in [0.15, 0.2) is 0 Å². The van der Waals surface area contributed by atoms with E-state index in [1.165, 1.54) is 15.6 Å². The minimum absolute atomic E-state index is 0.823. The van der Waals surface area contributed by atoms with Crippen molar-refractivity contribution < 1.29 is 0 Å². The molecule has 0 N–H and O–H groups in total. The van der Waals surface area contributed by atoms with Gasteiger partial charge in [-0.2, -0.15) is 0 Å². The van der Waals surface area contributed by atoms with E-state index >= 15 is 0 Å². The molecule has 0 aliphatic rings. The number of halogens is 3. The summed E-state index contributed by atoms with van der Waals surface area (Å²) >= 11 is 14.6. The first-order valence-corrected chi connectivity index (χ1v) is 6.76. The molecule has 0 aliphatic heterocycles. The highest BCUT2D eigenvalue weighted by Gasteiger charge is 2.10. The van der Waals surface area contributed by atoms with Crippen molar-refractivity contribution in [1.29, 1.82) is 0 Å². The molecule has 0 nitrogen and oxygen atoms in total. The van der Waals surface area contributed by atoms with Crippen molar-refractivity contribution in [2.75, 3.05) is 0 Å². The summed E-state index contributed by atoms with van der Waals surface area (Å²) in [5, 5.41) is 2.09. The molecule has 2 aromatic rings. The van der Waals surface area contributed by atoms with Crippen molar-refractivity contribution in [1.82, 2.24) is 0 Å². The molecule has 0 saturated carbocycles. The molecule has 0 bridgehead atoms. The Kier molecular flexibility index (Phi) is 2.98. The topological polar surface area (TPSA) is 0 Å². The van der Waals surface area contributed by atoms with Gasteiger partial charge in [0.05, 0.1) is 4.47 Å². The number of thiophene rings is 1. The Morgan fingerprint density at radius 1 is 1.38 bits per heavy atom. The SMILES string of the molecule is Clc1sc2cccc(CBr)c2c1Br. The van der Waals surface area contributed by atoms with Crippen molar-refractivity contribution in [3.8, 4) is 0 Å². The molecule has 0 fully saturated rings. The molecule has 0 saturated heterocycles. The second kappa shape index (κ2) is 3.89. The zero-order chi connectivity index (χ0) is 9.42. The van der Waals surface area contributed by atoms with E-state index in [1.54, 1.807) is 11.3 Å². The summed E-state index contributed by atoms with van der Waals surface area (Å²) in [6.07, 6.45) is 0. The van der Waals surface area contributed by atoms with Gasteiger partial charge in [0.2, 0.25) is 0 Å². The predicted molar refractivity (Wildman–Crippen MR) is 67.2 cm³/mol. The summed E-state index contributed by atoms with van der Waals surface area (Å²) in [4.78, 5) is 0. The van der Waals surface area contributed by atoms with Crippen LogP contribution in [0.5, 0.6) is 0 Å². The molecule has 0 atom stereocenters. The van der Waals surface area contributed by atoms with Crippen molar-refractivity contribution in [3.63, 3.8) is 0 Å². The van der Waals surface area contributed by atoms with Crippen LogP contribution in [0, 0.1) is 0 Å². The molecule has 1 aromatic carbocycles. The third-order valence-corrected chi connectivity index (χ3v) is 5.10. The van der Waals surface area contributed by atoms with Gasteiger partial charge in [-0.25, -0.2) is 0 Å². The summed E-state index contributed by atoms with van der Waals surface area (Å²) in [7, 11) is 0. The Balaban J connectivity index is 2.87. The highest BCUT2D eigenvalue weighted by atomic mass is 79.9. The zero-order valence-electron chi connectivity index (χ0n) is 6.48. The second-order valence-corrected chi connectivity index (χ2v) is 5.62. The molecular formula is C9H5Br2ClS. The van der Waals surface area contributed by atoms with E-state index < -0.39 is 0 Å². The normalized spacial score (nSPS) is 11.0. The van der Waals surface area contributed by atoms with Gasteiger partial charge in [0.25, 0.3) is 0 Å². The smallest absolute Gasteiger partial charge is 0.108 e. The summed E-state index contributed by atoms with van der Waals surface area (Å²) < 4.78 is 3.07. The molecule has 68 valence electrons. The summed E-state index contributed by atoms with van der Waals surface area (Å²) in [5.41, 5.74) is 1.27. The van der Waals surface area contributed by atoms with Crippen molar-refractivity contribution in [3.05, 3.63) is 32.6 Å². The molecule has 0 aliphatic carbocycles. The van der Waals surface area contributed by atoms with Crippen molar-refractivity contribution >= 4 is 64.9 Å². The third kappa shape index (κ3) is 1.67. The van der Waals surface area contributed by atoms with Crippen LogP contribution in [0.1, 0.15) is 5.56 Å². The van der Waals surface area contributed by atoms with E-state index in [0.29, 0.717) is 0 Å². The molecule has 0 radical (unpaired) electrons. The van der Waals surface area contributed by atoms with Gasteiger partial charge in [-0.15, -0.1) is 11.3 Å². The van der Waals surface area contributed by atoms with Crippen LogP contribution in [0.4, 0.5) is 0 Å². The van der Waals surface area contributed by atoms with Crippen LogP contribution >= 0.6 is 54.8 Å². The number of fused-ring (bicyclic) bond motifs is 1. The van der Waals surface area contributed by atoms with Gasteiger partial charge in [-0.3, -0.25) is 0 Å². The number of benzene rings is 1. The molecule has 13 heavy (non-hydrogen) atoms. The lowest BCUT2D eigenvalue weighted by Gasteiger charge is -1.97. The standard InChI is InChI=1S/C9H5Br2ClS/c10-4-5-2-1-3-6-7(5)8(11)9(12)13-6/h1-3H,4H2. The monoisotopic (exact) mass is 338 g/mol. The average molecular weight is 340 g/mol. The molecule has 0 spiro atoms. The zero-order valence-corrected chi connectivity index (χ0v) is 11.2. The van der Waals surface area contributed by atoms with E-state index in [4.69, 9.17) is 11.6 Å². The first-order valence-electron chi connectivity index (χ1n) is 3.65. The lowest BCUT2D eigenvalue weighted by molar-refractivity contribution is 1.50. The van der Waals surface area contributed by atoms with Gasteiger partial charge >= 0.3 is 0 Å². The molecule has 4 heteroatoms. The summed E-state index contributed by atoms with van der Waals surface area (Å²) in [6, 6.07) is 6.24. The Labute approximate surface area is 102 Å². The number of alkyl halides is 1. The summed E-state index contributed by atoms with van der Waals surface area (Å²) in [6.45, 7) is 0. The molecular weight excluding hydrogens is 335 g/mol. The molecule has 0 unspecified atom stereocenters. The lowest BCUT2D eigenvalue weighted by Crippen LogP contribution is -1.77. The largest absolute Gasteiger partial charge is 0.122 e. The molecule has 1 heterocycles. The quantitative estimate of drug-likeness (QED) is 0.625. The van der Waals surface area contributed by atoms with E-state index in [9.17, 15) is 0 Å². The second-order valence-electron chi connectivity index (χ2n) is 2.61. The van der Waals surface area contributed by atoms with Crippen LogP contribution in [0.15, 0.2) is 22.7 Å². The molecule has 1 aromatic heterocycles. The maximum absolute atomic E-state index is 6.04. The van der Waals surface area contributed by atoms with Crippen LogP contribution in [0.25, 0.3) is 10.1 Å². The van der Waals surface area contributed by atoms with Crippen molar-refractivity contribution in [2.24, 2.45) is 0 Å². The van der Waals surface area contributed by atoms with Gasteiger partial charge < -0.3 is 0 Å². The number of hydrogen-bond acceptors (Lipinski definition) is 1. The summed E-state index contributed by atoms with van der Waals surface area (Å²) in [5.74, 6) is 0. The van der Waals surface area contributed by atoms with Crippen LogP contribution < -0.4 is 0 Å². The predicted octanol–water partition coefficient (Wildman–Crippen LogP) is 5.21. The molecule has 0 amide bonds. The maximum Gasteiger partial charge on any atom is 0.108 e. The van der Waals surface area contributed by atoms with Gasteiger partial charge in [0, 0.05) is 15.4 Å². The van der Waals surface area contributed by atoms with Crippen LogP contribution in [-0.4, -0.2) is 0 Å². The third-order valence-electron chi connectivity index (χ3n) is 1.85. The first-order chi connectivity index (χ1) is 6.24. The minimum Gasteiger partial charge on any atom is -0.122 e. The van der Waals surface area contributed by atoms with E-state index in [0.717, 1.165) is 14.1 Å². The van der Waals surface area contributed by atoms with Crippen LogP contribution in [0.3, 0.4) is 0 Å². The molecule has 2 rings (SSSR count). The van der Waals surface area contributed by atoms with Crippen molar-refractivity contribution in [2.45, 2.75) is 5.33 Å². The van der Waals surface area contributed by atoms with Crippen LogP contribution in [0.2, 0.25) is 4.34 Å². The van der Waals surface area contributed by atoms with E-state index in [-0.39, 0.29) is 0 Å². The Morgan fingerprint density at radius 2 is 2.15 bits per heavy atom. The first kappa shape index (κ1) is 9.97. The Hall–Kier alpha value is 0.430. The van der Waals surface area contributed by atoms with Gasteiger partial charge in [0.1, 0.15) is 4.34 Å². The van der Waals surface area contributed by atoms with E-state index in [1.807, 2.05) is 0 Å². The Bertz CT molecular complexity index is 450. The average Bonchev–Trinajstić information content (AvgIpc) is 2.43. The highest BCUT2D eigenvalue weighted by Crippen LogP contribution is 2.41. The van der Waals surface area contributed by atoms with E-state index in [2.05, 4.69) is 50.1 Å². The number of hydrogen-bond donors (Lipinski definition) is 0.